The second-order valence-corrected chi connectivity index (χ2v) is 4.80. The van der Waals surface area contributed by atoms with Gasteiger partial charge in [0.15, 0.2) is 0 Å². The van der Waals surface area contributed by atoms with E-state index in [2.05, 4.69) is 53.0 Å². The van der Waals surface area contributed by atoms with Crippen molar-refractivity contribution < 1.29 is 5.11 Å². The van der Waals surface area contributed by atoms with Gasteiger partial charge >= 0.3 is 0 Å². The average molecular weight is 272 g/mol. The number of rotatable bonds is 5. The number of hydrogen-bond donors (Lipinski definition) is 1. The molecule has 0 aromatic heterocycles. The van der Waals surface area contributed by atoms with E-state index >= 15 is 0 Å². The molecule has 0 bridgehead atoms. The van der Waals surface area contributed by atoms with Gasteiger partial charge in [0.2, 0.25) is 0 Å². The fraction of sp³-hybridized carbons (Fsp3) is 0.500. The largest absolute Gasteiger partial charge is 0.396 e. The van der Waals surface area contributed by atoms with E-state index in [1.807, 2.05) is 0 Å². The molecule has 1 N–H and O–H groups in total. The van der Waals surface area contributed by atoms with Crippen LogP contribution in [-0.2, 0) is 6.54 Å². The molecule has 15 heavy (non-hydrogen) atoms. The number of aliphatic hydroxyl groups excluding tert-OH is 1. The van der Waals surface area contributed by atoms with Gasteiger partial charge in [-0.05, 0) is 43.7 Å². The highest BCUT2D eigenvalue weighted by Gasteiger charge is 2.03. The standard InChI is InChI=1S/C12H18BrNO/c1-10-4-5-12(13)8-11(10)9-14(2)6-3-7-15/h4-5,8,15H,3,6-7,9H2,1-2H3. The van der Waals surface area contributed by atoms with Crippen LogP contribution in [0.1, 0.15) is 17.5 Å². The summed E-state index contributed by atoms with van der Waals surface area (Å²) in [6.07, 6.45) is 0.837. The maximum Gasteiger partial charge on any atom is 0.0443 e. The molecule has 0 unspecified atom stereocenters. The zero-order valence-electron chi connectivity index (χ0n) is 9.33. The zero-order valence-corrected chi connectivity index (χ0v) is 10.9. The number of hydrogen-bond acceptors (Lipinski definition) is 2. The molecule has 2 nitrogen and oxygen atoms in total. The first-order valence-corrected chi connectivity index (χ1v) is 5.97. The van der Waals surface area contributed by atoms with Crippen LogP contribution in [0.4, 0.5) is 0 Å². The molecule has 0 spiro atoms. The maximum atomic E-state index is 8.75. The van der Waals surface area contributed by atoms with Crippen LogP contribution >= 0.6 is 15.9 Å². The summed E-state index contributed by atoms with van der Waals surface area (Å²) in [6, 6.07) is 6.34. The molecule has 0 aliphatic rings. The molecular formula is C12H18BrNO. The average Bonchev–Trinajstić information content (AvgIpc) is 2.20. The van der Waals surface area contributed by atoms with E-state index in [9.17, 15) is 0 Å². The summed E-state index contributed by atoms with van der Waals surface area (Å²) in [7, 11) is 2.08. The number of aryl methyl sites for hydroxylation is 1. The van der Waals surface area contributed by atoms with Gasteiger partial charge in [-0.15, -0.1) is 0 Å². The van der Waals surface area contributed by atoms with E-state index in [4.69, 9.17) is 5.11 Å². The third kappa shape index (κ3) is 4.33. The molecule has 1 rings (SSSR count). The number of benzene rings is 1. The van der Waals surface area contributed by atoms with Crippen molar-refractivity contribution in [3.8, 4) is 0 Å². The van der Waals surface area contributed by atoms with Gasteiger partial charge in [0.05, 0.1) is 0 Å². The lowest BCUT2D eigenvalue weighted by Gasteiger charge is -2.17. The highest BCUT2D eigenvalue weighted by Crippen LogP contribution is 2.17. The first-order chi connectivity index (χ1) is 7.13. The summed E-state index contributed by atoms with van der Waals surface area (Å²) >= 11 is 3.48. The van der Waals surface area contributed by atoms with Crippen LogP contribution in [0.2, 0.25) is 0 Å². The van der Waals surface area contributed by atoms with Crippen molar-refractivity contribution in [3.05, 3.63) is 33.8 Å². The molecule has 0 amide bonds. The van der Waals surface area contributed by atoms with Crippen molar-refractivity contribution in [3.63, 3.8) is 0 Å². The molecule has 0 fully saturated rings. The van der Waals surface area contributed by atoms with Crippen molar-refractivity contribution in [2.75, 3.05) is 20.2 Å². The number of nitrogens with zero attached hydrogens (tertiary/aromatic N) is 1. The Morgan fingerprint density at radius 2 is 2.13 bits per heavy atom. The molecular weight excluding hydrogens is 254 g/mol. The third-order valence-corrected chi connectivity index (χ3v) is 2.94. The second kappa shape index (κ2) is 6.26. The normalized spacial score (nSPS) is 11.0. The minimum absolute atomic E-state index is 0.266. The Bertz CT molecular complexity index is 314. The van der Waals surface area contributed by atoms with Gasteiger partial charge in [-0.25, -0.2) is 0 Å². The van der Waals surface area contributed by atoms with Gasteiger partial charge < -0.3 is 10.0 Å². The van der Waals surface area contributed by atoms with Crippen LogP contribution in [0.15, 0.2) is 22.7 Å². The second-order valence-electron chi connectivity index (χ2n) is 3.89. The van der Waals surface area contributed by atoms with Gasteiger partial charge in [0.25, 0.3) is 0 Å². The van der Waals surface area contributed by atoms with E-state index < -0.39 is 0 Å². The van der Waals surface area contributed by atoms with Gasteiger partial charge in [0, 0.05) is 24.2 Å². The van der Waals surface area contributed by atoms with E-state index in [1.54, 1.807) is 0 Å². The summed E-state index contributed by atoms with van der Waals surface area (Å²) in [5.41, 5.74) is 2.65. The molecule has 0 aliphatic heterocycles. The Labute approximate surface area is 100 Å². The van der Waals surface area contributed by atoms with Gasteiger partial charge in [-0.2, -0.15) is 0 Å². The molecule has 3 heteroatoms. The Morgan fingerprint density at radius 3 is 2.80 bits per heavy atom. The van der Waals surface area contributed by atoms with Crippen molar-refractivity contribution >= 4 is 15.9 Å². The highest BCUT2D eigenvalue weighted by atomic mass is 79.9. The summed E-state index contributed by atoms with van der Waals surface area (Å²) in [6.45, 7) is 4.26. The molecule has 1 aromatic carbocycles. The number of halogens is 1. The fourth-order valence-electron chi connectivity index (χ4n) is 1.52. The maximum absolute atomic E-state index is 8.75. The minimum atomic E-state index is 0.266. The first-order valence-electron chi connectivity index (χ1n) is 5.18. The minimum Gasteiger partial charge on any atom is -0.396 e. The van der Waals surface area contributed by atoms with Crippen LogP contribution < -0.4 is 0 Å². The lowest BCUT2D eigenvalue weighted by atomic mass is 10.1. The number of aliphatic hydroxyl groups is 1. The van der Waals surface area contributed by atoms with Crippen LogP contribution in [0.3, 0.4) is 0 Å². The molecule has 0 aliphatic carbocycles. The Kier molecular flexibility index (Phi) is 5.29. The van der Waals surface area contributed by atoms with Crippen LogP contribution in [0.25, 0.3) is 0 Å². The Balaban J connectivity index is 2.59. The molecule has 1 aromatic rings. The predicted octanol–water partition coefficient (Wildman–Crippen LogP) is 2.57. The molecule has 84 valence electrons. The summed E-state index contributed by atoms with van der Waals surface area (Å²) in [5.74, 6) is 0. The first kappa shape index (κ1) is 12.7. The Morgan fingerprint density at radius 1 is 1.40 bits per heavy atom. The summed E-state index contributed by atoms with van der Waals surface area (Å²) in [4.78, 5) is 2.23. The zero-order chi connectivity index (χ0) is 11.3. The predicted molar refractivity (Wildman–Crippen MR) is 66.9 cm³/mol. The van der Waals surface area contributed by atoms with Crippen molar-refractivity contribution in [1.29, 1.82) is 0 Å². The Hall–Kier alpha value is -0.380. The van der Waals surface area contributed by atoms with E-state index in [-0.39, 0.29) is 6.61 Å². The molecule has 0 radical (unpaired) electrons. The lowest BCUT2D eigenvalue weighted by molar-refractivity contribution is 0.244. The lowest BCUT2D eigenvalue weighted by Crippen LogP contribution is -2.20. The van der Waals surface area contributed by atoms with Gasteiger partial charge in [-0.1, -0.05) is 22.0 Å². The molecule has 0 saturated heterocycles. The monoisotopic (exact) mass is 271 g/mol. The molecule has 0 heterocycles. The smallest absolute Gasteiger partial charge is 0.0443 e. The van der Waals surface area contributed by atoms with Crippen molar-refractivity contribution in [2.45, 2.75) is 19.9 Å². The van der Waals surface area contributed by atoms with Crippen molar-refractivity contribution in [2.24, 2.45) is 0 Å². The topological polar surface area (TPSA) is 23.5 Å². The molecule has 0 saturated carbocycles. The van der Waals surface area contributed by atoms with Crippen molar-refractivity contribution in [1.82, 2.24) is 4.90 Å². The van der Waals surface area contributed by atoms with E-state index in [0.29, 0.717) is 0 Å². The van der Waals surface area contributed by atoms with Gasteiger partial charge in [-0.3, -0.25) is 0 Å². The molecule has 0 atom stereocenters. The van der Waals surface area contributed by atoms with Crippen LogP contribution in [0, 0.1) is 6.92 Å². The fourth-order valence-corrected chi connectivity index (χ4v) is 1.93. The van der Waals surface area contributed by atoms with Gasteiger partial charge in [0.1, 0.15) is 0 Å². The van der Waals surface area contributed by atoms with E-state index in [1.165, 1.54) is 11.1 Å². The quantitative estimate of drug-likeness (QED) is 0.890. The highest BCUT2D eigenvalue weighted by molar-refractivity contribution is 9.10. The SMILES string of the molecule is Cc1ccc(Br)cc1CN(C)CCCO. The summed E-state index contributed by atoms with van der Waals surface area (Å²) in [5, 5.41) is 8.75. The van der Waals surface area contributed by atoms with Crippen LogP contribution in [0.5, 0.6) is 0 Å². The van der Waals surface area contributed by atoms with Crippen LogP contribution in [-0.4, -0.2) is 30.2 Å². The van der Waals surface area contributed by atoms with E-state index in [0.717, 1.165) is 24.0 Å². The third-order valence-electron chi connectivity index (χ3n) is 2.45. The summed E-state index contributed by atoms with van der Waals surface area (Å²) < 4.78 is 1.12.